The molecule has 1 atom stereocenters. The van der Waals surface area contributed by atoms with Gasteiger partial charge in [-0.1, -0.05) is 295 Å². The number of hydrogen-bond donors (Lipinski definition) is 0. The van der Waals surface area contributed by atoms with Crippen molar-refractivity contribution in [1.82, 2.24) is 0 Å². The van der Waals surface area contributed by atoms with Crippen LogP contribution in [0.4, 0.5) is 0 Å². The van der Waals surface area contributed by atoms with Gasteiger partial charge in [0.25, 0.3) is 0 Å². The molecule has 0 aromatic heterocycles. The molecule has 0 radical (unpaired) electrons. The smallest absolute Gasteiger partial charge is 0.306 e. The van der Waals surface area contributed by atoms with E-state index in [4.69, 9.17) is 14.2 Å². The lowest BCUT2D eigenvalue weighted by Gasteiger charge is -2.18. The van der Waals surface area contributed by atoms with E-state index in [0.29, 0.717) is 19.3 Å². The van der Waals surface area contributed by atoms with Gasteiger partial charge in [0.2, 0.25) is 0 Å². The monoisotopic (exact) mass is 1120 g/mol. The highest BCUT2D eigenvalue weighted by Crippen LogP contribution is 2.15. The van der Waals surface area contributed by atoms with E-state index in [0.717, 1.165) is 161 Å². The molecule has 0 spiro atoms. The van der Waals surface area contributed by atoms with Crippen LogP contribution in [-0.4, -0.2) is 37.2 Å². The van der Waals surface area contributed by atoms with Crippen molar-refractivity contribution >= 4 is 17.9 Å². The van der Waals surface area contributed by atoms with Crippen molar-refractivity contribution in [2.45, 2.75) is 297 Å². The molecule has 0 aliphatic rings. The summed E-state index contributed by atoms with van der Waals surface area (Å²) in [5.41, 5.74) is 0. The van der Waals surface area contributed by atoms with Crippen LogP contribution in [-0.2, 0) is 28.6 Å². The molecule has 0 aromatic carbocycles. The van der Waals surface area contributed by atoms with Crippen molar-refractivity contribution in [2.75, 3.05) is 13.2 Å². The normalized spacial score (nSPS) is 13.1. The summed E-state index contributed by atoms with van der Waals surface area (Å²) >= 11 is 0. The van der Waals surface area contributed by atoms with Crippen LogP contribution >= 0.6 is 0 Å². The lowest BCUT2D eigenvalue weighted by Crippen LogP contribution is -2.30. The third kappa shape index (κ3) is 66.0. The van der Waals surface area contributed by atoms with Gasteiger partial charge in [-0.25, -0.2) is 0 Å². The number of ether oxygens (including phenoxy) is 3. The van der Waals surface area contributed by atoms with Gasteiger partial charge in [-0.15, -0.1) is 0 Å². The van der Waals surface area contributed by atoms with Crippen molar-refractivity contribution in [1.29, 1.82) is 0 Å². The van der Waals surface area contributed by atoms with Crippen molar-refractivity contribution in [3.63, 3.8) is 0 Å². The first-order chi connectivity index (χ1) is 40.0. The molecule has 81 heavy (non-hydrogen) atoms. The third-order valence-electron chi connectivity index (χ3n) is 13.8. The van der Waals surface area contributed by atoms with Crippen LogP contribution in [0.3, 0.4) is 0 Å². The zero-order valence-electron chi connectivity index (χ0n) is 52.5. The minimum Gasteiger partial charge on any atom is -0.462 e. The fourth-order valence-corrected chi connectivity index (χ4v) is 8.92. The fourth-order valence-electron chi connectivity index (χ4n) is 8.92. The van der Waals surface area contributed by atoms with E-state index in [1.807, 2.05) is 0 Å². The number of carbonyl (C=O) groups excluding carboxylic acids is 3. The number of carbonyl (C=O) groups is 3. The average molecular weight is 1120 g/mol. The Labute approximate surface area is 499 Å². The van der Waals surface area contributed by atoms with Gasteiger partial charge < -0.3 is 14.2 Å². The number of allylic oxidation sites excluding steroid dienone is 24. The Bertz CT molecular complexity index is 1760. The third-order valence-corrected chi connectivity index (χ3v) is 13.8. The van der Waals surface area contributed by atoms with E-state index < -0.39 is 6.10 Å². The Balaban J connectivity index is 4.36. The van der Waals surface area contributed by atoms with Crippen LogP contribution in [0.1, 0.15) is 290 Å². The van der Waals surface area contributed by atoms with Gasteiger partial charge in [-0.2, -0.15) is 0 Å². The van der Waals surface area contributed by atoms with Crippen molar-refractivity contribution < 1.29 is 28.6 Å². The molecule has 0 amide bonds. The summed E-state index contributed by atoms with van der Waals surface area (Å²) in [5, 5.41) is 0. The van der Waals surface area contributed by atoms with E-state index in [-0.39, 0.29) is 31.1 Å². The molecule has 458 valence electrons. The number of hydrogen-bond acceptors (Lipinski definition) is 6. The molecule has 0 aliphatic carbocycles. The predicted octanol–water partition coefficient (Wildman–Crippen LogP) is 23.1. The van der Waals surface area contributed by atoms with Crippen molar-refractivity contribution in [3.05, 3.63) is 146 Å². The summed E-state index contributed by atoms with van der Waals surface area (Å²) in [6.45, 7) is 6.39. The van der Waals surface area contributed by atoms with Crippen LogP contribution in [0.25, 0.3) is 0 Å². The molecule has 0 N–H and O–H groups in total. The van der Waals surface area contributed by atoms with Gasteiger partial charge in [0.15, 0.2) is 6.10 Å². The zero-order valence-corrected chi connectivity index (χ0v) is 52.5. The fraction of sp³-hybridized carbons (Fsp3) is 0.640. The molecular formula is C75H122O6. The molecule has 6 nitrogen and oxygen atoms in total. The van der Waals surface area contributed by atoms with Crippen molar-refractivity contribution in [3.8, 4) is 0 Å². The standard InChI is InChI=1S/C75H122O6/c1-4-7-10-13-16-19-22-24-26-28-30-32-34-36-37-39-40-42-44-46-48-50-53-56-59-62-65-68-74(77)80-71-72(70-79-73(76)67-64-61-58-55-52-21-18-15-12-9-6-3)81-75(78)69-66-63-60-57-54-51-49-47-45-43-41-38-35-33-31-29-27-25-23-20-17-14-11-8-5-2/h7-8,10-11,16-17,19-20,24-27,30-33,36-38,40-42,46,48,72H,4-6,9,12-15,18,21-23,28-29,34-35,39,43-45,47,49-71H2,1-3H3/b10-7-,11-8-,19-16-,20-17-,26-24-,27-25-,32-30-,33-31-,37-36-,41-38-,42-40-,48-46-. The van der Waals surface area contributed by atoms with Crippen LogP contribution in [0.2, 0.25) is 0 Å². The van der Waals surface area contributed by atoms with E-state index in [2.05, 4.69) is 167 Å². The van der Waals surface area contributed by atoms with E-state index in [1.165, 1.54) is 89.9 Å². The van der Waals surface area contributed by atoms with Crippen LogP contribution in [0, 0.1) is 0 Å². The van der Waals surface area contributed by atoms with Gasteiger partial charge >= 0.3 is 17.9 Å². The van der Waals surface area contributed by atoms with Crippen molar-refractivity contribution in [2.24, 2.45) is 0 Å². The van der Waals surface area contributed by atoms with Gasteiger partial charge in [-0.05, 0) is 122 Å². The Morgan fingerprint density at radius 1 is 0.259 bits per heavy atom. The number of rotatable bonds is 59. The van der Waals surface area contributed by atoms with Crippen LogP contribution < -0.4 is 0 Å². The SMILES string of the molecule is CC/C=C\C/C=C\C/C=C\C/C=C\C/C=C\C/C=C\C/C=C\CCCCCCCC(=O)OCC(COC(=O)CCCCCCCCCCCCC)OC(=O)CCCCCCCCCCC/C=C\C/C=C\C/C=C\C/C=C\C/C=C\CC. The maximum absolute atomic E-state index is 12.9. The molecule has 0 rings (SSSR count). The van der Waals surface area contributed by atoms with Crippen LogP contribution in [0.5, 0.6) is 0 Å². The summed E-state index contributed by atoms with van der Waals surface area (Å²) in [4.78, 5) is 38.3. The first-order valence-electron chi connectivity index (χ1n) is 33.3. The molecule has 0 bridgehead atoms. The summed E-state index contributed by atoms with van der Waals surface area (Å²) < 4.78 is 16.9. The van der Waals surface area contributed by atoms with Crippen LogP contribution in [0.15, 0.2) is 146 Å². The Morgan fingerprint density at radius 3 is 0.753 bits per heavy atom. The van der Waals surface area contributed by atoms with E-state index >= 15 is 0 Å². The number of unbranched alkanes of at least 4 members (excludes halogenated alkanes) is 24. The molecule has 0 aromatic rings. The Kier molecular flexibility index (Phi) is 63.9. The maximum Gasteiger partial charge on any atom is 0.306 e. The average Bonchev–Trinajstić information content (AvgIpc) is 3.47. The van der Waals surface area contributed by atoms with E-state index in [9.17, 15) is 14.4 Å². The van der Waals surface area contributed by atoms with Gasteiger partial charge in [0.1, 0.15) is 13.2 Å². The minimum absolute atomic E-state index is 0.0892. The highest BCUT2D eigenvalue weighted by Gasteiger charge is 2.19. The highest BCUT2D eigenvalue weighted by molar-refractivity contribution is 5.71. The quantitative estimate of drug-likeness (QED) is 0.0261. The Morgan fingerprint density at radius 2 is 0.481 bits per heavy atom. The lowest BCUT2D eigenvalue weighted by atomic mass is 10.1. The molecule has 0 saturated carbocycles. The first kappa shape index (κ1) is 76.3. The molecule has 6 heteroatoms. The highest BCUT2D eigenvalue weighted by atomic mass is 16.6. The second kappa shape index (κ2) is 67.8. The lowest BCUT2D eigenvalue weighted by molar-refractivity contribution is -0.167. The molecule has 0 fully saturated rings. The molecule has 0 aliphatic heterocycles. The van der Waals surface area contributed by atoms with Gasteiger partial charge in [0.05, 0.1) is 0 Å². The summed E-state index contributed by atoms with van der Waals surface area (Å²) in [5.74, 6) is -0.913. The largest absolute Gasteiger partial charge is 0.462 e. The second-order valence-corrected chi connectivity index (χ2v) is 21.6. The summed E-state index contributed by atoms with van der Waals surface area (Å²) in [6.07, 6.45) is 97.1. The molecule has 1 unspecified atom stereocenters. The van der Waals surface area contributed by atoms with Gasteiger partial charge in [-0.3, -0.25) is 14.4 Å². The van der Waals surface area contributed by atoms with E-state index in [1.54, 1.807) is 0 Å². The molecule has 0 heterocycles. The summed E-state index contributed by atoms with van der Waals surface area (Å²) in [7, 11) is 0. The minimum atomic E-state index is -0.795. The Hall–Kier alpha value is -4.71. The first-order valence-corrected chi connectivity index (χ1v) is 33.3. The summed E-state index contributed by atoms with van der Waals surface area (Å²) in [6, 6.07) is 0. The predicted molar refractivity (Wildman–Crippen MR) is 352 cm³/mol. The second-order valence-electron chi connectivity index (χ2n) is 21.6. The topological polar surface area (TPSA) is 78.9 Å². The molecular weight excluding hydrogens is 997 g/mol. The maximum atomic E-state index is 12.9. The molecule has 0 saturated heterocycles. The van der Waals surface area contributed by atoms with Gasteiger partial charge in [0, 0.05) is 19.3 Å². The number of esters is 3. The zero-order chi connectivity index (χ0) is 58.5.